The molecule has 0 spiro atoms. The molecule has 1 N–H and O–H groups in total. The number of phenolic OH excluding ortho intramolecular Hbond substituents is 1. The Bertz CT molecular complexity index is 1620. The largest absolute Gasteiger partial charge is 0.508 e. The van der Waals surface area contributed by atoms with Crippen molar-refractivity contribution in [3.63, 3.8) is 0 Å². The van der Waals surface area contributed by atoms with Crippen molar-refractivity contribution >= 4 is 33.4 Å². The number of aryl methyl sites for hydroxylation is 1. The fourth-order valence-corrected chi connectivity index (χ4v) is 8.26. The molecule has 40 heavy (non-hydrogen) atoms. The van der Waals surface area contributed by atoms with E-state index in [1.54, 1.807) is 37.0 Å². The molecule has 7 rings (SSSR count). The first-order valence-electron chi connectivity index (χ1n) is 14.2. The molecule has 0 radical (unpaired) electrons. The molecule has 0 unspecified atom stereocenters. The van der Waals surface area contributed by atoms with Gasteiger partial charge >= 0.3 is 6.01 Å². The zero-order valence-corrected chi connectivity index (χ0v) is 23.4. The summed E-state index contributed by atoms with van der Waals surface area (Å²) in [6.45, 7) is 4.32. The van der Waals surface area contributed by atoms with Gasteiger partial charge < -0.3 is 9.84 Å². The predicted molar refractivity (Wildman–Crippen MR) is 153 cm³/mol. The zero-order chi connectivity index (χ0) is 27.4. The number of thioether (sulfide) groups is 1. The Balaban J connectivity index is 1.35. The molecule has 4 aromatic rings. The van der Waals surface area contributed by atoms with E-state index in [-0.39, 0.29) is 28.5 Å². The van der Waals surface area contributed by atoms with E-state index < -0.39 is 11.6 Å². The quantitative estimate of drug-likeness (QED) is 0.250. The minimum atomic E-state index is -0.630. The van der Waals surface area contributed by atoms with Crippen LogP contribution < -0.4 is 4.74 Å². The van der Waals surface area contributed by atoms with Gasteiger partial charge in [-0.1, -0.05) is 18.9 Å². The summed E-state index contributed by atoms with van der Waals surface area (Å²) in [5.41, 5.74) is 0.855. The van der Waals surface area contributed by atoms with E-state index in [0.29, 0.717) is 44.2 Å². The second kappa shape index (κ2) is 10.1. The van der Waals surface area contributed by atoms with E-state index in [1.807, 2.05) is 0 Å². The van der Waals surface area contributed by atoms with Crippen molar-refractivity contribution in [2.45, 2.75) is 74.1 Å². The molecular weight excluding hydrogens is 530 g/mol. The Labute approximate surface area is 236 Å². The second-order valence-electron chi connectivity index (χ2n) is 11.5. The smallest absolute Gasteiger partial charge is 0.318 e. The molecule has 2 aromatic heterocycles. The van der Waals surface area contributed by atoms with Gasteiger partial charge in [0.05, 0.1) is 10.9 Å². The number of nitrogens with zero attached hydrogens (tertiary/aromatic N) is 4. The summed E-state index contributed by atoms with van der Waals surface area (Å²) >= 11 is 1.65. The summed E-state index contributed by atoms with van der Waals surface area (Å²) < 4.78 is 37.3. The normalized spacial score (nSPS) is 19.2. The van der Waals surface area contributed by atoms with Crippen LogP contribution in [-0.2, 0) is 0 Å². The molecule has 0 atom stereocenters. The maximum Gasteiger partial charge on any atom is 0.318 e. The molecule has 3 aliphatic rings. The lowest BCUT2D eigenvalue weighted by Gasteiger charge is -2.31. The minimum Gasteiger partial charge on any atom is -0.508 e. The lowest BCUT2D eigenvalue weighted by molar-refractivity contribution is 0.107. The summed E-state index contributed by atoms with van der Waals surface area (Å²) in [6.07, 6.45) is 10.7. The van der Waals surface area contributed by atoms with Crippen molar-refractivity contribution in [2.75, 3.05) is 19.7 Å². The summed E-state index contributed by atoms with van der Waals surface area (Å²) in [7, 11) is 0. The van der Waals surface area contributed by atoms with Gasteiger partial charge in [-0.3, -0.25) is 9.88 Å². The van der Waals surface area contributed by atoms with Crippen molar-refractivity contribution in [1.82, 2.24) is 19.9 Å². The van der Waals surface area contributed by atoms with E-state index in [1.165, 1.54) is 25.0 Å². The van der Waals surface area contributed by atoms with Crippen LogP contribution in [0.25, 0.3) is 32.9 Å². The van der Waals surface area contributed by atoms with Gasteiger partial charge in [-0.25, -0.2) is 8.78 Å². The molecule has 0 amide bonds. The first-order chi connectivity index (χ1) is 19.4. The van der Waals surface area contributed by atoms with E-state index in [9.17, 15) is 9.50 Å². The average Bonchev–Trinajstić information content (AvgIpc) is 3.68. The van der Waals surface area contributed by atoms with Crippen molar-refractivity contribution in [3.05, 3.63) is 47.7 Å². The second-order valence-corrected chi connectivity index (χ2v) is 12.8. The van der Waals surface area contributed by atoms with Gasteiger partial charge in [0.2, 0.25) is 0 Å². The monoisotopic (exact) mass is 562 g/mol. The van der Waals surface area contributed by atoms with Crippen LogP contribution >= 0.6 is 11.8 Å². The molecule has 2 aliphatic heterocycles. The lowest BCUT2D eigenvalue weighted by atomic mass is 9.95. The van der Waals surface area contributed by atoms with Gasteiger partial charge in [0.15, 0.2) is 5.82 Å². The standard InChI is InChI=1S/C31H32F2N4O2S/c1-18-24(32)9-8-19-14-20(38)15-22(25(18)19)27-26(33)28-23(16-34-27)29(40-21-6-2-3-7-21)36-30(35-28)39-17-31-10-4-12-37(31)13-5-11-31/h8-9,14-16,21,38H,2-7,10-13,17H2,1H3. The lowest BCUT2D eigenvalue weighted by Crippen LogP contribution is -2.43. The van der Waals surface area contributed by atoms with Gasteiger partial charge in [0.25, 0.3) is 0 Å². The first kappa shape index (κ1) is 25.9. The van der Waals surface area contributed by atoms with Crippen molar-refractivity contribution in [2.24, 2.45) is 0 Å². The van der Waals surface area contributed by atoms with Crippen LogP contribution in [0.4, 0.5) is 8.78 Å². The number of benzene rings is 2. The third kappa shape index (κ3) is 4.38. The van der Waals surface area contributed by atoms with Crippen LogP contribution in [0, 0.1) is 18.6 Å². The Morgan fingerprint density at radius 2 is 1.85 bits per heavy atom. The summed E-state index contributed by atoms with van der Waals surface area (Å²) in [6, 6.07) is 6.10. The molecule has 1 aliphatic carbocycles. The number of rotatable bonds is 6. The number of hydrogen-bond donors (Lipinski definition) is 1. The van der Waals surface area contributed by atoms with Gasteiger partial charge in [-0.2, -0.15) is 9.97 Å². The van der Waals surface area contributed by atoms with Crippen LogP contribution in [0.15, 0.2) is 35.5 Å². The number of phenols is 1. The first-order valence-corrected chi connectivity index (χ1v) is 15.1. The van der Waals surface area contributed by atoms with Crippen LogP contribution in [0.2, 0.25) is 0 Å². The number of aromatic hydroxyl groups is 1. The number of hydrogen-bond acceptors (Lipinski definition) is 7. The zero-order valence-electron chi connectivity index (χ0n) is 22.6. The van der Waals surface area contributed by atoms with E-state index in [2.05, 4.69) is 14.9 Å². The van der Waals surface area contributed by atoms with E-state index in [4.69, 9.17) is 9.72 Å². The fraction of sp³-hybridized carbons (Fsp3) is 0.452. The SMILES string of the molecule is Cc1c(F)ccc2cc(O)cc(-c3ncc4c(SC5CCCC5)nc(OCC56CCCN5CCC6)nc4c3F)c12. The Hall–Kier alpha value is -3.04. The summed E-state index contributed by atoms with van der Waals surface area (Å²) in [5.74, 6) is -1.08. The third-order valence-corrected chi connectivity index (χ3v) is 10.4. The molecule has 2 aromatic carbocycles. The summed E-state index contributed by atoms with van der Waals surface area (Å²) in [5, 5.41) is 13.2. The number of ether oxygens (including phenoxy) is 1. The number of pyridine rings is 1. The highest BCUT2D eigenvalue weighted by Gasteiger charge is 2.45. The van der Waals surface area contributed by atoms with Gasteiger partial charge in [-0.15, -0.1) is 11.8 Å². The third-order valence-electron chi connectivity index (χ3n) is 9.04. The maximum atomic E-state index is 16.5. The van der Waals surface area contributed by atoms with E-state index >= 15 is 4.39 Å². The molecule has 4 heterocycles. The highest BCUT2D eigenvalue weighted by Crippen LogP contribution is 2.42. The van der Waals surface area contributed by atoms with Crippen LogP contribution in [0.1, 0.15) is 56.9 Å². The van der Waals surface area contributed by atoms with Crippen LogP contribution in [0.5, 0.6) is 11.8 Å². The van der Waals surface area contributed by atoms with Crippen molar-refractivity contribution in [3.8, 4) is 23.0 Å². The molecule has 2 saturated heterocycles. The molecule has 0 bridgehead atoms. The van der Waals surface area contributed by atoms with Gasteiger partial charge in [-0.05, 0) is 93.1 Å². The minimum absolute atomic E-state index is 0.0138. The maximum absolute atomic E-state index is 16.5. The van der Waals surface area contributed by atoms with Crippen molar-refractivity contribution in [1.29, 1.82) is 0 Å². The Morgan fingerprint density at radius 3 is 2.62 bits per heavy atom. The number of aromatic nitrogens is 3. The Kier molecular flexibility index (Phi) is 6.54. The number of fused-ring (bicyclic) bond motifs is 3. The molecule has 208 valence electrons. The topological polar surface area (TPSA) is 71.4 Å². The molecule has 1 saturated carbocycles. The Morgan fingerprint density at radius 1 is 1.07 bits per heavy atom. The van der Waals surface area contributed by atoms with Gasteiger partial charge in [0, 0.05) is 17.0 Å². The molecule has 6 nitrogen and oxygen atoms in total. The van der Waals surface area contributed by atoms with Crippen LogP contribution in [-0.4, -0.2) is 55.4 Å². The molecule has 3 fully saturated rings. The van der Waals surface area contributed by atoms with Crippen molar-refractivity contribution < 1.29 is 18.6 Å². The van der Waals surface area contributed by atoms with Crippen LogP contribution in [0.3, 0.4) is 0 Å². The number of halogens is 2. The molecular formula is C31H32F2N4O2S. The summed E-state index contributed by atoms with van der Waals surface area (Å²) in [4.78, 5) is 16.4. The molecule has 9 heteroatoms. The highest BCUT2D eigenvalue weighted by molar-refractivity contribution is 8.00. The predicted octanol–water partition coefficient (Wildman–Crippen LogP) is 7.18. The van der Waals surface area contributed by atoms with E-state index in [0.717, 1.165) is 51.6 Å². The highest BCUT2D eigenvalue weighted by atomic mass is 32.2. The van der Waals surface area contributed by atoms with Gasteiger partial charge in [0.1, 0.15) is 34.4 Å². The fourth-order valence-electron chi connectivity index (χ4n) is 6.97. The average molecular weight is 563 g/mol.